The highest BCUT2D eigenvalue weighted by Gasteiger charge is 2.46. The minimum absolute atomic E-state index is 0.0394. The van der Waals surface area contributed by atoms with Gasteiger partial charge in [0.05, 0.1) is 31.6 Å². The number of hydrogen-bond acceptors (Lipinski definition) is 9. The quantitative estimate of drug-likeness (QED) is 0.350. The summed E-state index contributed by atoms with van der Waals surface area (Å²) in [5, 5.41) is 0.424. The maximum absolute atomic E-state index is 14.1. The lowest BCUT2D eigenvalue weighted by molar-refractivity contribution is -0.152. The van der Waals surface area contributed by atoms with Gasteiger partial charge in [0.25, 0.3) is 0 Å². The third-order valence-electron chi connectivity index (χ3n) is 7.12. The molecule has 2 aliphatic rings. The Morgan fingerprint density at radius 1 is 1.23 bits per heavy atom. The van der Waals surface area contributed by atoms with E-state index < -0.39 is 29.4 Å². The van der Waals surface area contributed by atoms with Crippen LogP contribution >= 0.6 is 11.6 Å². The molecule has 0 amide bonds. The van der Waals surface area contributed by atoms with Crippen LogP contribution in [0, 0.1) is 5.92 Å². The SMILES string of the molecule is COC(=O)C1C(C)=NC(COCCN)=C(C(=O)OC2(C)CCN(Cc3cccnc3)C2)C1c1ccccc1Cl. The summed E-state index contributed by atoms with van der Waals surface area (Å²) in [5.41, 5.74) is 7.73. The average Bonchev–Trinajstić information content (AvgIpc) is 3.28. The normalized spacial score (nSPS) is 23.5. The number of carbonyl (C=O) groups is 2. The van der Waals surface area contributed by atoms with Gasteiger partial charge in [-0.2, -0.15) is 0 Å². The Kier molecular flexibility index (Phi) is 9.50. The second kappa shape index (κ2) is 12.8. The van der Waals surface area contributed by atoms with Crippen molar-refractivity contribution >= 4 is 29.3 Å². The standard InChI is InChI=1S/C29H35ClN4O5/c1-19-24(27(35)37-3)25(21-8-4-5-9-22(21)30)26(23(33-19)17-38-14-11-31)28(36)39-29(2)10-13-34(18-29)16-20-7-6-12-32-15-20/h4-9,12,15,24-25H,10-11,13-14,16-18,31H2,1-3H3. The summed E-state index contributed by atoms with van der Waals surface area (Å²) in [7, 11) is 1.32. The van der Waals surface area contributed by atoms with Crippen molar-refractivity contribution in [2.24, 2.45) is 16.6 Å². The number of pyridine rings is 1. The van der Waals surface area contributed by atoms with Crippen LogP contribution < -0.4 is 5.73 Å². The van der Waals surface area contributed by atoms with Gasteiger partial charge in [-0.25, -0.2) is 4.79 Å². The number of halogens is 1. The molecule has 2 aliphatic heterocycles. The molecule has 2 aromatic rings. The molecule has 0 saturated carbocycles. The average molecular weight is 555 g/mol. The molecule has 3 heterocycles. The number of esters is 2. The number of carbonyl (C=O) groups excluding carboxylic acids is 2. The molecule has 1 aromatic heterocycles. The summed E-state index contributed by atoms with van der Waals surface area (Å²) in [6, 6.07) is 11.1. The van der Waals surface area contributed by atoms with E-state index in [2.05, 4.69) is 14.9 Å². The van der Waals surface area contributed by atoms with Crippen LogP contribution in [0.5, 0.6) is 0 Å². The van der Waals surface area contributed by atoms with Gasteiger partial charge >= 0.3 is 11.9 Å². The van der Waals surface area contributed by atoms with E-state index >= 15 is 0 Å². The fourth-order valence-corrected chi connectivity index (χ4v) is 5.56. The van der Waals surface area contributed by atoms with Crippen LogP contribution in [0.3, 0.4) is 0 Å². The van der Waals surface area contributed by atoms with E-state index in [9.17, 15) is 9.59 Å². The molecular weight excluding hydrogens is 520 g/mol. The summed E-state index contributed by atoms with van der Waals surface area (Å²) in [5.74, 6) is -2.68. The van der Waals surface area contributed by atoms with E-state index in [4.69, 9.17) is 31.5 Å². The molecule has 9 nitrogen and oxygen atoms in total. The fraction of sp³-hybridized carbons (Fsp3) is 0.448. The molecule has 0 spiro atoms. The molecular formula is C29H35ClN4O5. The van der Waals surface area contributed by atoms with Crippen LogP contribution in [0.2, 0.25) is 5.02 Å². The second-order valence-corrected chi connectivity index (χ2v) is 10.5. The molecule has 208 valence electrons. The smallest absolute Gasteiger partial charge is 0.337 e. The van der Waals surface area contributed by atoms with Crippen LogP contribution in [0.25, 0.3) is 0 Å². The van der Waals surface area contributed by atoms with Gasteiger partial charge in [0.15, 0.2) is 0 Å². The number of nitrogens with zero attached hydrogens (tertiary/aromatic N) is 3. The molecule has 0 bridgehead atoms. The van der Waals surface area contributed by atoms with E-state index in [1.165, 1.54) is 7.11 Å². The summed E-state index contributed by atoms with van der Waals surface area (Å²) in [6.45, 7) is 6.34. The third kappa shape index (κ3) is 6.73. The first kappa shape index (κ1) is 28.9. The zero-order valence-corrected chi connectivity index (χ0v) is 23.3. The number of aromatic nitrogens is 1. The molecule has 10 heteroatoms. The Labute approximate surface area is 234 Å². The molecule has 2 N–H and O–H groups in total. The fourth-order valence-electron chi connectivity index (χ4n) is 5.31. The molecule has 3 atom stereocenters. The first-order valence-electron chi connectivity index (χ1n) is 13.0. The number of methoxy groups -OCH3 is 1. The van der Waals surface area contributed by atoms with Crippen LogP contribution in [0.4, 0.5) is 0 Å². The maximum atomic E-state index is 14.1. The lowest BCUT2D eigenvalue weighted by Crippen LogP contribution is -2.40. The number of benzene rings is 1. The van der Waals surface area contributed by atoms with Crippen molar-refractivity contribution in [3.8, 4) is 0 Å². The Morgan fingerprint density at radius 2 is 2.03 bits per heavy atom. The molecule has 1 saturated heterocycles. The highest BCUT2D eigenvalue weighted by molar-refractivity contribution is 6.31. The largest absolute Gasteiger partial charge is 0.468 e. The maximum Gasteiger partial charge on any atom is 0.337 e. The van der Waals surface area contributed by atoms with Crippen molar-refractivity contribution in [1.29, 1.82) is 0 Å². The summed E-state index contributed by atoms with van der Waals surface area (Å²) in [6.07, 6.45) is 4.24. The Balaban J connectivity index is 1.69. The molecule has 39 heavy (non-hydrogen) atoms. The van der Waals surface area contributed by atoms with E-state index in [1.54, 1.807) is 31.3 Å². The molecule has 1 aromatic carbocycles. The van der Waals surface area contributed by atoms with Crippen molar-refractivity contribution in [2.45, 2.75) is 38.3 Å². The van der Waals surface area contributed by atoms with E-state index in [0.29, 0.717) is 54.7 Å². The number of hydrogen-bond donors (Lipinski definition) is 1. The van der Waals surface area contributed by atoms with Gasteiger partial charge in [0.1, 0.15) is 11.5 Å². The minimum Gasteiger partial charge on any atom is -0.468 e. The van der Waals surface area contributed by atoms with Gasteiger partial charge in [0.2, 0.25) is 0 Å². The van der Waals surface area contributed by atoms with Gasteiger partial charge in [0, 0.05) is 61.6 Å². The van der Waals surface area contributed by atoms with Crippen molar-refractivity contribution in [2.75, 3.05) is 40.0 Å². The van der Waals surface area contributed by atoms with Crippen LogP contribution in [0.1, 0.15) is 37.3 Å². The Morgan fingerprint density at radius 3 is 2.72 bits per heavy atom. The van der Waals surface area contributed by atoms with Crippen molar-refractivity contribution in [3.05, 3.63) is 76.2 Å². The number of likely N-dealkylation sites (tertiary alicyclic amines) is 1. The summed E-state index contributed by atoms with van der Waals surface area (Å²) < 4.78 is 17.1. The van der Waals surface area contributed by atoms with E-state index in [0.717, 1.165) is 12.1 Å². The highest BCUT2D eigenvalue weighted by atomic mass is 35.5. The summed E-state index contributed by atoms with van der Waals surface area (Å²) >= 11 is 6.63. The van der Waals surface area contributed by atoms with Crippen molar-refractivity contribution in [1.82, 2.24) is 9.88 Å². The van der Waals surface area contributed by atoms with E-state index in [-0.39, 0.29) is 12.2 Å². The van der Waals surface area contributed by atoms with Crippen LogP contribution in [-0.4, -0.2) is 73.1 Å². The van der Waals surface area contributed by atoms with Gasteiger partial charge in [-0.1, -0.05) is 35.9 Å². The monoisotopic (exact) mass is 554 g/mol. The van der Waals surface area contributed by atoms with Crippen molar-refractivity contribution < 1.29 is 23.8 Å². The summed E-state index contributed by atoms with van der Waals surface area (Å²) in [4.78, 5) is 38.2. The Hall–Kier alpha value is -3.11. The third-order valence-corrected chi connectivity index (χ3v) is 7.46. The second-order valence-electron chi connectivity index (χ2n) is 10.1. The topological polar surface area (TPSA) is 116 Å². The predicted octanol–water partition coefficient (Wildman–Crippen LogP) is 3.52. The van der Waals surface area contributed by atoms with Crippen LogP contribution in [-0.2, 0) is 30.3 Å². The molecule has 3 unspecified atom stereocenters. The molecule has 0 aliphatic carbocycles. The molecule has 4 rings (SSSR count). The van der Waals surface area contributed by atoms with Gasteiger partial charge in [-0.3, -0.25) is 19.7 Å². The first-order chi connectivity index (χ1) is 18.8. The first-order valence-corrected chi connectivity index (χ1v) is 13.4. The van der Waals surface area contributed by atoms with Crippen LogP contribution in [0.15, 0.2) is 65.1 Å². The lowest BCUT2D eigenvalue weighted by atomic mass is 9.75. The zero-order valence-electron chi connectivity index (χ0n) is 22.6. The Bertz CT molecular complexity index is 1250. The van der Waals surface area contributed by atoms with Crippen molar-refractivity contribution in [3.63, 3.8) is 0 Å². The minimum atomic E-state index is -0.853. The van der Waals surface area contributed by atoms with Gasteiger partial charge in [-0.15, -0.1) is 0 Å². The van der Waals surface area contributed by atoms with Gasteiger partial charge in [-0.05, 0) is 37.1 Å². The van der Waals surface area contributed by atoms with Gasteiger partial charge < -0.3 is 19.9 Å². The molecule has 1 fully saturated rings. The highest BCUT2D eigenvalue weighted by Crippen LogP contribution is 2.43. The van der Waals surface area contributed by atoms with E-state index in [1.807, 2.05) is 31.3 Å². The number of aliphatic imine (C=N–C) groups is 1. The lowest BCUT2D eigenvalue weighted by Gasteiger charge is -2.34. The number of ether oxygens (including phenoxy) is 3. The predicted molar refractivity (Wildman–Crippen MR) is 148 cm³/mol. The molecule has 0 radical (unpaired) electrons. The number of rotatable bonds is 10. The number of nitrogens with two attached hydrogens (primary N) is 1. The zero-order chi connectivity index (χ0) is 28.0.